The van der Waals surface area contributed by atoms with Gasteiger partial charge in [0.2, 0.25) is 0 Å². The highest BCUT2D eigenvalue weighted by Crippen LogP contribution is 2.37. The third-order valence-corrected chi connectivity index (χ3v) is 7.04. The van der Waals surface area contributed by atoms with Crippen LogP contribution in [0.1, 0.15) is 60.3 Å². The summed E-state index contributed by atoms with van der Waals surface area (Å²) in [6.45, 7) is 14.4. The fraction of sp³-hybridized carbons (Fsp3) is 0.290. The summed E-state index contributed by atoms with van der Waals surface area (Å²) in [5.74, 6) is -0.364. The van der Waals surface area contributed by atoms with Crippen LogP contribution in [0.25, 0.3) is 11.8 Å². The van der Waals surface area contributed by atoms with Gasteiger partial charge in [-0.2, -0.15) is 0 Å². The van der Waals surface area contributed by atoms with Gasteiger partial charge < -0.3 is 9.30 Å². The second-order valence-electron chi connectivity index (χ2n) is 9.80. The molecule has 0 atom stereocenters. The zero-order valence-electron chi connectivity index (χ0n) is 22.4. The molecule has 5 nitrogen and oxygen atoms in total. The van der Waals surface area contributed by atoms with Crippen LogP contribution in [0.15, 0.2) is 65.4 Å². The minimum Gasteiger partial charge on any atom is -0.465 e. The molecule has 4 rings (SSSR count). The molecule has 0 saturated carbocycles. The number of para-hydroxylation sites is 1. The maximum Gasteiger partial charge on any atom is 0.340 e. The summed E-state index contributed by atoms with van der Waals surface area (Å²) in [6, 6.07) is 16.2. The monoisotopic (exact) mass is 482 g/mol. The molecule has 1 aromatic heterocycles. The lowest BCUT2D eigenvalue weighted by Gasteiger charge is -2.19. The molecule has 1 aliphatic rings. The highest BCUT2D eigenvalue weighted by molar-refractivity contribution is 6.23. The number of ether oxygens (including phenoxy) is 1. The highest BCUT2D eigenvalue weighted by atomic mass is 16.5. The first-order valence-electron chi connectivity index (χ1n) is 12.3. The number of aromatic nitrogens is 1. The van der Waals surface area contributed by atoms with Gasteiger partial charge in [-0.3, -0.25) is 9.69 Å². The van der Waals surface area contributed by atoms with Crippen LogP contribution in [0, 0.1) is 27.7 Å². The third kappa shape index (κ3) is 4.19. The molecule has 2 aromatic carbocycles. The number of esters is 1. The molecule has 186 valence electrons. The van der Waals surface area contributed by atoms with Crippen molar-refractivity contribution < 1.29 is 14.3 Å². The van der Waals surface area contributed by atoms with Crippen LogP contribution < -0.4 is 4.90 Å². The Bertz CT molecular complexity index is 1400. The number of aryl methyl sites for hydroxylation is 3. The first-order chi connectivity index (χ1) is 17.1. The van der Waals surface area contributed by atoms with Gasteiger partial charge in [-0.05, 0) is 87.1 Å². The Kier molecular flexibility index (Phi) is 6.77. The van der Waals surface area contributed by atoms with Crippen molar-refractivity contribution >= 4 is 23.6 Å². The first kappa shape index (κ1) is 25.2. The van der Waals surface area contributed by atoms with Crippen LogP contribution in [0.5, 0.6) is 0 Å². The second-order valence-corrected chi connectivity index (χ2v) is 9.80. The molecule has 0 N–H and O–H groups in total. The number of rotatable bonds is 5. The van der Waals surface area contributed by atoms with Gasteiger partial charge in [0.25, 0.3) is 5.91 Å². The molecule has 0 aliphatic carbocycles. The number of hydrogen-bond acceptors (Lipinski definition) is 3. The van der Waals surface area contributed by atoms with Gasteiger partial charge in [0.05, 0.1) is 23.9 Å². The molecule has 1 amide bonds. The lowest BCUT2D eigenvalue weighted by molar-refractivity contribution is -0.136. The minimum atomic E-state index is -0.517. The van der Waals surface area contributed by atoms with Gasteiger partial charge in [-0.15, -0.1) is 0 Å². The number of allylic oxidation sites excluding steroid dienone is 1. The fourth-order valence-electron chi connectivity index (χ4n) is 5.09. The van der Waals surface area contributed by atoms with Crippen molar-refractivity contribution in [2.24, 2.45) is 0 Å². The van der Waals surface area contributed by atoms with Gasteiger partial charge in [0, 0.05) is 22.8 Å². The van der Waals surface area contributed by atoms with E-state index in [1.165, 1.54) is 23.8 Å². The van der Waals surface area contributed by atoms with E-state index in [4.69, 9.17) is 4.74 Å². The SMILES string of the molecule is COC(=O)C1=C(C)N(c2ccc(C(C)C)cc2)C(=O)/C1=C\c1cc(C)n(-c2c(C)cccc2C)c1C. The number of carbonyl (C=O) groups is 2. The van der Waals surface area contributed by atoms with Crippen molar-refractivity contribution in [3.8, 4) is 5.69 Å². The molecule has 0 radical (unpaired) electrons. The van der Waals surface area contributed by atoms with Gasteiger partial charge in [-0.25, -0.2) is 4.79 Å². The summed E-state index contributed by atoms with van der Waals surface area (Å²) in [5, 5.41) is 0. The van der Waals surface area contributed by atoms with Crippen LogP contribution in [0.3, 0.4) is 0 Å². The Labute approximate surface area is 213 Å². The van der Waals surface area contributed by atoms with E-state index in [2.05, 4.69) is 63.5 Å². The number of benzene rings is 2. The maximum atomic E-state index is 13.8. The topological polar surface area (TPSA) is 51.5 Å². The van der Waals surface area contributed by atoms with Crippen molar-refractivity contribution in [1.82, 2.24) is 4.57 Å². The molecular formula is C31H34N2O3. The summed E-state index contributed by atoms with van der Waals surface area (Å²) in [5.41, 5.74) is 9.58. The summed E-state index contributed by atoms with van der Waals surface area (Å²) < 4.78 is 7.31. The van der Waals surface area contributed by atoms with E-state index >= 15 is 0 Å². The predicted molar refractivity (Wildman–Crippen MR) is 145 cm³/mol. The van der Waals surface area contributed by atoms with E-state index in [0.29, 0.717) is 22.8 Å². The lowest BCUT2D eigenvalue weighted by Crippen LogP contribution is -2.24. The van der Waals surface area contributed by atoms with Gasteiger partial charge in [0.15, 0.2) is 0 Å². The predicted octanol–water partition coefficient (Wildman–Crippen LogP) is 6.71. The number of methoxy groups -OCH3 is 1. The smallest absolute Gasteiger partial charge is 0.340 e. The zero-order chi connectivity index (χ0) is 26.3. The number of hydrogen-bond donors (Lipinski definition) is 0. The molecule has 0 bridgehead atoms. The zero-order valence-corrected chi connectivity index (χ0v) is 22.4. The first-order valence-corrected chi connectivity index (χ1v) is 12.3. The van der Waals surface area contributed by atoms with Crippen LogP contribution in [0.2, 0.25) is 0 Å². The number of nitrogens with zero attached hydrogens (tertiary/aromatic N) is 2. The van der Waals surface area contributed by atoms with Crippen molar-refractivity contribution in [1.29, 1.82) is 0 Å². The van der Waals surface area contributed by atoms with Crippen LogP contribution in [-0.2, 0) is 14.3 Å². The molecule has 0 unspecified atom stereocenters. The van der Waals surface area contributed by atoms with Gasteiger partial charge >= 0.3 is 5.97 Å². The maximum absolute atomic E-state index is 13.8. The summed E-state index contributed by atoms with van der Waals surface area (Å²) in [4.78, 5) is 28.2. The largest absolute Gasteiger partial charge is 0.465 e. The number of amides is 1. The van der Waals surface area contributed by atoms with Crippen molar-refractivity contribution in [2.75, 3.05) is 12.0 Å². The molecule has 1 aliphatic heterocycles. The molecule has 5 heteroatoms. The molecule has 0 fully saturated rings. The second kappa shape index (κ2) is 9.65. The average Bonchev–Trinajstić information content (AvgIpc) is 3.25. The number of carbonyl (C=O) groups excluding carboxylic acids is 2. The molecule has 36 heavy (non-hydrogen) atoms. The van der Waals surface area contributed by atoms with Crippen LogP contribution in [0.4, 0.5) is 5.69 Å². The Hall–Kier alpha value is -3.86. The van der Waals surface area contributed by atoms with E-state index in [-0.39, 0.29) is 5.91 Å². The van der Waals surface area contributed by atoms with Crippen molar-refractivity contribution in [3.63, 3.8) is 0 Å². The van der Waals surface area contributed by atoms with E-state index in [1.54, 1.807) is 11.8 Å². The van der Waals surface area contributed by atoms with E-state index in [0.717, 1.165) is 28.3 Å². The Morgan fingerprint density at radius 2 is 1.56 bits per heavy atom. The highest BCUT2D eigenvalue weighted by Gasteiger charge is 2.38. The van der Waals surface area contributed by atoms with E-state index in [1.807, 2.05) is 37.3 Å². The summed E-state index contributed by atoms with van der Waals surface area (Å²) in [7, 11) is 1.34. The van der Waals surface area contributed by atoms with Gasteiger partial charge in [-0.1, -0.05) is 44.2 Å². The van der Waals surface area contributed by atoms with Crippen molar-refractivity contribution in [2.45, 2.75) is 54.4 Å². The Morgan fingerprint density at radius 1 is 0.944 bits per heavy atom. The minimum absolute atomic E-state index is 0.234. The number of anilines is 1. The average molecular weight is 483 g/mol. The third-order valence-electron chi connectivity index (χ3n) is 7.04. The quantitative estimate of drug-likeness (QED) is 0.300. The summed E-state index contributed by atoms with van der Waals surface area (Å²) >= 11 is 0. The standard InChI is InChI=1S/C31H34N2O3/c1-18(2)24-12-14-26(15-13-24)33-23(7)28(31(35)36-8)27(30(33)34)17-25-16-21(5)32(22(25)6)29-19(3)10-9-11-20(29)4/h9-18H,1-8H3/b27-17-. The Morgan fingerprint density at radius 3 is 2.11 bits per heavy atom. The van der Waals surface area contributed by atoms with E-state index in [9.17, 15) is 9.59 Å². The normalized spacial score (nSPS) is 15.0. The summed E-state index contributed by atoms with van der Waals surface area (Å²) in [6.07, 6.45) is 1.83. The van der Waals surface area contributed by atoms with E-state index < -0.39 is 5.97 Å². The van der Waals surface area contributed by atoms with Gasteiger partial charge in [0.1, 0.15) is 0 Å². The molecule has 3 aromatic rings. The van der Waals surface area contributed by atoms with Crippen LogP contribution >= 0.6 is 0 Å². The van der Waals surface area contributed by atoms with Crippen molar-refractivity contribution in [3.05, 3.63) is 99.0 Å². The van der Waals surface area contributed by atoms with Crippen LogP contribution in [-0.4, -0.2) is 23.6 Å². The molecular weight excluding hydrogens is 448 g/mol. The lowest BCUT2D eigenvalue weighted by atomic mass is 10.0. The fourth-order valence-corrected chi connectivity index (χ4v) is 5.09. The Balaban J connectivity index is 1.85. The molecule has 0 spiro atoms. The molecule has 0 saturated heterocycles. The molecule has 2 heterocycles.